The third kappa shape index (κ3) is 17.0. The number of ether oxygens (including phenoxy) is 4. The molecule has 30 heteroatoms. The van der Waals surface area contributed by atoms with Crippen LogP contribution in [0.25, 0.3) is 22.3 Å². The highest BCUT2D eigenvalue weighted by molar-refractivity contribution is 8.14. The van der Waals surface area contributed by atoms with Crippen LogP contribution in [-0.4, -0.2) is 140 Å². The lowest BCUT2D eigenvalue weighted by atomic mass is 9.99. The van der Waals surface area contributed by atoms with Gasteiger partial charge in [0.1, 0.15) is 12.1 Å². The van der Waals surface area contributed by atoms with Gasteiger partial charge < -0.3 is 39.5 Å². The molecule has 76 heavy (non-hydrogen) atoms. The van der Waals surface area contributed by atoms with E-state index < -0.39 is 50.3 Å². The summed E-state index contributed by atoms with van der Waals surface area (Å²) in [5.41, 5.74) is 12.7. The highest BCUT2D eigenvalue weighted by Gasteiger charge is 2.35. The minimum absolute atomic E-state index is 0.00783. The Morgan fingerprint density at radius 1 is 0.632 bits per heavy atom. The predicted molar refractivity (Wildman–Crippen MR) is 287 cm³/mol. The zero-order chi connectivity index (χ0) is 56.2. The largest absolute Gasteiger partial charge is 0.479 e. The third-order valence-electron chi connectivity index (χ3n) is 11.3. The van der Waals surface area contributed by atoms with E-state index >= 15 is 0 Å². The fourth-order valence-corrected chi connectivity index (χ4v) is 12.2. The second-order valence-electron chi connectivity index (χ2n) is 19.5. The molecule has 4 aromatic rings. The van der Waals surface area contributed by atoms with Gasteiger partial charge in [-0.25, -0.2) is 29.3 Å². The Kier molecular flexibility index (Phi) is 22.0. The molecule has 0 fully saturated rings. The number of methoxy groups -OCH3 is 4. The molecule has 0 amide bonds. The van der Waals surface area contributed by atoms with Crippen LogP contribution in [0.5, 0.6) is 11.8 Å². The third-order valence-corrected chi connectivity index (χ3v) is 17.2. The molecule has 2 aliphatic carbocycles. The van der Waals surface area contributed by atoms with Crippen molar-refractivity contribution < 1.29 is 65.4 Å². The maximum absolute atomic E-state index is 13.5. The number of thioether (sulfide) groups is 2. The molecule has 0 bridgehead atoms. The van der Waals surface area contributed by atoms with Gasteiger partial charge in [-0.1, -0.05) is 89.4 Å². The van der Waals surface area contributed by atoms with Crippen molar-refractivity contribution in [3.63, 3.8) is 0 Å². The molecule has 4 heterocycles. The maximum Gasteiger partial charge on any atom is 0.406 e. The number of nitrogen functional groups attached to an aromatic ring is 2. The Balaban J connectivity index is 0.000000281. The van der Waals surface area contributed by atoms with Crippen molar-refractivity contribution in [1.29, 1.82) is 0 Å². The smallest absolute Gasteiger partial charge is 0.406 e. The van der Waals surface area contributed by atoms with Gasteiger partial charge in [-0.2, -0.15) is 19.9 Å². The molecule has 0 saturated heterocycles. The molecule has 2 unspecified atom stereocenters. The van der Waals surface area contributed by atoms with Gasteiger partial charge in [0.25, 0.3) is 0 Å². The van der Waals surface area contributed by atoms with Crippen molar-refractivity contribution in [2.45, 2.75) is 92.4 Å². The first-order valence-corrected chi connectivity index (χ1v) is 29.1. The number of nitrogens with one attached hydrogen (secondary N) is 2. The number of nitrogens with zero attached hydrogens (tertiary/aromatic N) is 8. The van der Waals surface area contributed by atoms with Gasteiger partial charge >= 0.3 is 27.4 Å². The van der Waals surface area contributed by atoms with Crippen LogP contribution in [0.3, 0.4) is 0 Å². The van der Waals surface area contributed by atoms with Crippen molar-refractivity contribution >= 4 is 95.4 Å². The van der Waals surface area contributed by atoms with Crippen LogP contribution >= 0.6 is 39.0 Å². The number of fused-ring (bicyclic) bond motifs is 2. The fourth-order valence-electron chi connectivity index (χ4n) is 7.31. The summed E-state index contributed by atoms with van der Waals surface area (Å²) < 4.78 is 73.3. The summed E-state index contributed by atoms with van der Waals surface area (Å²) >= 11 is 2.18. The molecule has 26 nitrogen and oxygen atoms in total. The van der Waals surface area contributed by atoms with E-state index in [0.717, 1.165) is 23.5 Å². The fraction of sp³-hybridized carbons (Fsp3) is 0.609. The number of rotatable bonds is 24. The minimum atomic E-state index is -3.91. The van der Waals surface area contributed by atoms with E-state index in [1.54, 1.807) is 12.7 Å². The minimum Gasteiger partial charge on any atom is -0.479 e. The summed E-state index contributed by atoms with van der Waals surface area (Å²) in [5, 5.41) is 5.24. The molecule has 6 N–H and O–H groups in total. The van der Waals surface area contributed by atoms with Gasteiger partial charge in [-0.15, -0.1) is 0 Å². The zero-order valence-corrected chi connectivity index (χ0v) is 48.2. The normalized spacial score (nSPS) is 19.8. The Hall–Kier alpha value is -5.02. The molecule has 0 radical (unpaired) electrons. The SMILES string of the molecule is COC(=O)[C@H](C)NP(=O)(OCCSC(=O)C(C)(C)C)OC[C@@H]1C=C[C@H](n2cnc3c(OC)nc(N)nc32)C1.COC(=O)[C@H](C)NP(=O)(OCCSC(=O)C(C)(C)C)OC[C@@H]1C=C[C@H](n2cnc3c(OC)nc(N)nc32)C1. The van der Waals surface area contributed by atoms with Crippen molar-refractivity contribution in [2.24, 2.45) is 22.7 Å². The second kappa shape index (κ2) is 27.0. The Labute approximate surface area is 449 Å². The number of hydrogen-bond donors (Lipinski definition) is 4. The van der Waals surface area contributed by atoms with Crippen LogP contribution in [0.15, 0.2) is 37.0 Å². The number of allylic oxidation sites excluding steroid dienone is 2. The number of anilines is 2. The Morgan fingerprint density at radius 2 is 1.00 bits per heavy atom. The molecular weight excluding hydrogens is 1070 g/mol. The van der Waals surface area contributed by atoms with E-state index in [0.29, 0.717) is 46.9 Å². The average Bonchev–Trinajstić information content (AvgIpc) is 4.21. The van der Waals surface area contributed by atoms with Crippen LogP contribution in [0.4, 0.5) is 11.9 Å². The molecule has 0 spiro atoms. The number of imidazole rings is 2. The van der Waals surface area contributed by atoms with Gasteiger partial charge in [0.15, 0.2) is 32.6 Å². The standard InChI is InChI=1S/2C23H35N6O7PS/c2*1-14(20(30)34-6)28-37(32,35-9-10-38-21(31)23(2,3)4)36-12-15-7-8-16(11-15)29-13-25-17-18(29)26-22(24)27-19(17)33-5/h2*7-8,13-16H,9-12H2,1-6H3,(H,28,32)(H2,24,26,27)/t2*14-,15+,16-,37?/m00/s1. The van der Waals surface area contributed by atoms with Gasteiger partial charge in [-0.05, 0) is 26.7 Å². The summed E-state index contributed by atoms with van der Waals surface area (Å²) in [7, 11) is -2.39. The van der Waals surface area contributed by atoms with Crippen LogP contribution in [0.1, 0.15) is 80.3 Å². The van der Waals surface area contributed by atoms with Crippen molar-refractivity contribution in [1.82, 2.24) is 49.2 Å². The summed E-state index contributed by atoms with van der Waals surface area (Å²) in [6.45, 7) is 14.0. The number of hydrogen-bond acceptors (Lipinski definition) is 24. The van der Waals surface area contributed by atoms with E-state index in [1.165, 1.54) is 42.3 Å². The number of carbonyl (C=O) groups is 4. The molecule has 0 aromatic carbocycles. The molecule has 6 rings (SSSR count). The Morgan fingerprint density at radius 3 is 1.33 bits per heavy atom. The number of aromatic nitrogens is 8. The highest BCUT2D eigenvalue weighted by atomic mass is 32.2. The predicted octanol–water partition coefficient (Wildman–Crippen LogP) is 6.27. The van der Waals surface area contributed by atoms with Gasteiger partial charge in [0, 0.05) is 34.2 Å². The molecule has 0 saturated carbocycles. The van der Waals surface area contributed by atoms with Crippen molar-refractivity contribution in [2.75, 3.05) is 77.8 Å². The average molecular weight is 1140 g/mol. The van der Waals surface area contributed by atoms with Crippen LogP contribution in [-0.2, 0) is 55.9 Å². The van der Waals surface area contributed by atoms with E-state index in [2.05, 4.69) is 40.1 Å². The first-order chi connectivity index (χ1) is 35.7. The van der Waals surface area contributed by atoms with Crippen LogP contribution in [0, 0.1) is 22.7 Å². The van der Waals surface area contributed by atoms with Crippen molar-refractivity contribution in [3.05, 3.63) is 37.0 Å². The number of esters is 2. The first-order valence-electron chi connectivity index (χ1n) is 24.0. The number of carbonyl (C=O) groups excluding carboxylic acids is 4. The lowest BCUT2D eigenvalue weighted by Gasteiger charge is -2.23. The number of nitrogens with two attached hydrogens (primary N) is 2. The van der Waals surface area contributed by atoms with Gasteiger partial charge in [0.2, 0.25) is 23.7 Å². The van der Waals surface area contributed by atoms with Crippen molar-refractivity contribution in [3.8, 4) is 11.8 Å². The molecule has 4 aromatic heterocycles. The summed E-state index contributed by atoms with van der Waals surface area (Å²) in [6.07, 6.45) is 12.4. The first kappa shape index (κ1) is 61.8. The second-order valence-corrected chi connectivity index (χ2v) is 25.2. The molecule has 8 atom stereocenters. The van der Waals surface area contributed by atoms with Crippen LogP contribution < -0.4 is 31.1 Å². The topological polar surface area (TPSA) is 340 Å². The van der Waals surface area contributed by atoms with Gasteiger partial charge in [0.05, 0.1) is 79.6 Å². The van der Waals surface area contributed by atoms with Crippen LogP contribution in [0.2, 0.25) is 0 Å². The molecular formula is C46H70N12O14P2S2. The van der Waals surface area contributed by atoms with E-state index in [9.17, 15) is 28.3 Å². The monoisotopic (exact) mass is 1140 g/mol. The maximum atomic E-state index is 13.5. The summed E-state index contributed by atoms with van der Waals surface area (Å²) in [4.78, 5) is 73.6. The van der Waals surface area contributed by atoms with E-state index in [-0.39, 0.29) is 84.0 Å². The molecule has 0 aliphatic heterocycles. The van der Waals surface area contributed by atoms with E-state index in [1.807, 2.05) is 75.0 Å². The lowest BCUT2D eigenvalue weighted by Crippen LogP contribution is -2.34. The highest BCUT2D eigenvalue weighted by Crippen LogP contribution is 2.48. The molecule has 2 aliphatic rings. The quantitative estimate of drug-likeness (QED) is 0.0260. The summed E-state index contributed by atoms with van der Waals surface area (Å²) in [6, 6.07) is -2.07. The van der Waals surface area contributed by atoms with Gasteiger partial charge in [-0.3, -0.25) is 37.3 Å². The van der Waals surface area contributed by atoms with E-state index in [4.69, 9.17) is 48.5 Å². The molecule has 420 valence electrons. The lowest BCUT2D eigenvalue weighted by molar-refractivity contribution is -0.143. The summed E-state index contributed by atoms with van der Waals surface area (Å²) in [5.74, 6) is -0.146. The zero-order valence-electron chi connectivity index (χ0n) is 44.7. The Bertz CT molecular complexity index is 2650.